The first-order chi connectivity index (χ1) is 8.07. The third-order valence-electron chi connectivity index (χ3n) is 3.42. The predicted molar refractivity (Wildman–Crippen MR) is 64.7 cm³/mol. The lowest BCUT2D eigenvalue weighted by Crippen LogP contribution is -2.33. The van der Waals surface area contributed by atoms with Gasteiger partial charge in [-0.05, 0) is 19.8 Å². The first-order valence-corrected chi connectivity index (χ1v) is 5.79. The number of fused-ring (bicyclic) bond motifs is 1. The number of carboxylic acid groups (broad SMARTS) is 1. The van der Waals surface area contributed by atoms with E-state index in [0.29, 0.717) is 19.6 Å². The summed E-state index contributed by atoms with van der Waals surface area (Å²) in [5.41, 5.74) is -0.0739. The first-order valence-electron chi connectivity index (χ1n) is 5.79. The number of carboxylic acids is 1. The monoisotopic (exact) mass is 279 g/mol. The SMILES string of the molecule is CCOC(=O)COC[C@]12C[C@@H](C(=O)O)N[C@H]1C2.Cl. The second-order valence-electron chi connectivity index (χ2n) is 4.68. The van der Waals surface area contributed by atoms with Crippen LogP contribution in [0.1, 0.15) is 19.8 Å². The molecule has 1 saturated carbocycles. The fourth-order valence-electron chi connectivity index (χ4n) is 2.43. The maximum Gasteiger partial charge on any atom is 0.332 e. The van der Waals surface area contributed by atoms with Crippen LogP contribution in [0.2, 0.25) is 0 Å². The highest BCUT2D eigenvalue weighted by atomic mass is 35.5. The Morgan fingerprint density at radius 1 is 1.44 bits per heavy atom. The van der Waals surface area contributed by atoms with Crippen LogP contribution in [0.15, 0.2) is 0 Å². The summed E-state index contributed by atoms with van der Waals surface area (Å²) in [6, 6.07) is -0.245. The second kappa shape index (κ2) is 5.86. The molecule has 104 valence electrons. The van der Waals surface area contributed by atoms with Crippen molar-refractivity contribution >= 4 is 24.3 Å². The third-order valence-corrected chi connectivity index (χ3v) is 3.42. The lowest BCUT2D eigenvalue weighted by atomic mass is 10.0. The van der Waals surface area contributed by atoms with Crippen molar-refractivity contribution in [2.75, 3.05) is 19.8 Å². The molecule has 18 heavy (non-hydrogen) atoms. The highest BCUT2D eigenvalue weighted by molar-refractivity contribution is 5.85. The quantitative estimate of drug-likeness (QED) is 0.676. The molecule has 7 heteroatoms. The van der Waals surface area contributed by atoms with Crippen LogP contribution in [0.3, 0.4) is 0 Å². The standard InChI is InChI=1S/C11H17NO5.ClH/c1-2-17-9(13)5-16-6-11-3-7(10(14)15)12-8(11)4-11;/h7-8,12H,2-6H2,1H3,(H,14,15);1H/t7-,8-,11+;/m0./s1. The molecule has 2 N–H and O–H groups in total. The Morgan fingerprint density at radius 2 is 2.17 bits per heavy atom. The topological polar surface area (TPSA) is 84.9 Å². The molecule has 0 radical (unpaired) electrons. The zero-order chi connectivity index (χ0) is 12.5. The van der Waals surface area contributed by atoms with Gasteiger partial charge in [0.05, 0.1) is 13.2 Å². The van der Waals surface area contributed by atoms with Crippen molar-refractivity contribution in [1.29, 1.82) is 0 Å². The molecule has 0 bridgehead atoms. The number of esters is 1. The average Bonchev–Trinajstić information content (AvgIpc) is 2.80. The van der Waals surface area contributed by atoms with E-state index in [1.165, 1.54) is 0 Å². The number of hydrogen-bond acceptors (Lipinski definition) is 5. The molecule has 2 fully saturated rings. The lowest BCUT2D eigenvalue weighted by Gasteiger charge is -2.13. The largest absolute Gasteiger partial charge is 0.480 e. The van der Waals surface area contributed by atoms with Crippen molar-refractivity contribution in [3.63, 3.8) is 0 Å². The van der Waals surface area contributed by atoms with Crippen LogP contribution < -0.4 is 5.32 Å². The van der Waals surface area contributed by atoms with Gasteiger partial charge in [0, 0.05) is 11.5 Å². The van der Waals surface area contributed by atoms with Crippen LogP contribution in [-0.4, -0.2) is 48.9 Å². The van der Waals surface area contributed by atoms with Crippen LogP contribution in [0.4, 0.5) is 0 Å². The van der Waals surface area contributed by atoms with Gasteiger partial charge in [0.1, 0.15) is 12.6 Å². The molecule has 0 amide bonds. The van der Waals surface area contributed by atoms with Crippen molar-refractivity contribution in [2.24, 2.45) is 5.41 Å². The number of aliphatic carboxylic acids is 1. The molecule has 2 aliphatic rings. The van der Waals surface area contributed by atoms with Gasteiger partial charge in [0.2, 0.25) is 0 Å². The minimum absolute atomic E-state index is 0. The lowest BCUT2D eigenvalue weighted by molar-refractivity contribution is -0.149. The van der Waals surface area contributed by atoms with Crippen molar-refractivity contribution in [3.05, 3.63) is 0 Å². The summed E-state index contributed by atoms with van der Waals surface area (Å²) in [4.78, 5) is 21.9. The number of halogens is 1. The van der Waals surface area contributed by atoms with Gasteiger partial charge in [-0.3, -0.25) is 4.79 Å². The Kier molecular flexibility index (Phi) is 4.95. The zero-order valence-electron chi connectivity index (χ0n) is 10.2. The van der Waals surface area contributed by atoms with E-state index in [9.17, 15) is 9.59 Å². The predicted octanol–water partition coefficient (Wildman–Crippen LogP) is 0.193. The van der Waals surface area contributed by atoms with Gasteiger partial charge >= 0.3 is 11.9 Å². The van der Waals surface area contributed by atoms with Crippen LogP contribution in [-0.2, 0) is 19.1 Å². The Bertz CT molecular complexity index is 337. The number of piperidine rings is 1. The minimum atomic E-state index is -0.818. The molecule has 1 saturated heterocycles. The molecule has 0 aromatic heterocycles. The summed E-state index contributed by atoms with van der Waals surface area (Å²) >= 11 is 0. The Balaban J connectivity index is 0.00000162. The fourth-order valence-corrected chi connectivity index (χ4v) is 2.43. The summed E-state index contributed by atoms with van der Waals surface area (Å²) in [5, 5.41) is 11.9. The van der Waals surface area contributed by atoms with E-state index < -0.39 is 12.0 Å². The van der Waals surface area contributed by atoms with E-state index >= 15 is 0 Å². The average molecular weight is 280 g/mol. The molecular formula is C11H18ClNO5. The molecular weight excluding hydrogens is 262 g/mol. The molecule has 3 atom stereocenters. The van der Waals surface area contributed by atoms with Gasteiger partial charge in [-0.2, -0.15) is 0 Å². The highest BCUT2D eigenvalue weighted by Gasteiger charge is 2.61. The second-order valence-corrected chi connectivity index (χ2v) is 4.68. The summed E-state index contributed by atoms with van der Waals surface area (Å²) in [7, 11) is 0. The van der Waals surface area contributed by atoms with Crippen LogP contribution in [0.5, 0.6) is 0 Å². The maximum absolute atomic E-state index is 11.1. The summed E-state index contributed by atoms with van der Waals surface area (Å²) in [5.74, 6) is -1.19. The van der Waals surface area contributed by atoms with Crippen LogP contribution in [0, 0.1) is 5.41 Å². The number of rotatable bonds is 6. The Morgan fingerprint density at radius 3 is 2.72 bits per heavy atom. The Labute approximate surface area is 111 Å². The maximum atomic E-state index is 11.1. The van der Waals surface area contributed by atoms with Gasteiger partial charge in [-0.25, -0.2) is 4.79 Å². The van der Waals surface area contributed by atoms with E-state index in [-0.39, 0.29) is 36.4 Å². The van der Waals surface area contributed by atoms with E-state index in [4.69, 9.17) is 14.6 Å². The molecule has 0 spiro atoms. The van der Waals surface area contributed by atoms with Gasteiger partial charge in [-0.15, -0.1) is 12.4 Å². The first kappa shape index (κ1) is 15.2. The van der Waals surface area contributed by atoms with Crippen molar-refractivity contribution in [1.82, 2.24) is 5.32 Å². The van der Waals surface area contributed by atoms with E-state index in [0.717, 1.165) is 6.42 Å². The summed E-state index contributed by atoms with van der Waals surface area (Å²) < 4.78 is 10.0. The normalized spacial score (nSPS) is 32.3. The molecule has 0 aromatic carbocycles. The van der Waals surface area contributed by atoms with Crippen molar-refractivity contribution in [3.8, 4) is 0 Å². The minimum Gasteiger partial charge on any atom is -0.480 e. The van der Waals surface area contributed by atoms with Crippen molar-refractivity contribution in [2.45, 2.75) is 31.8 Å². The van der Waals surface area contributed by atoms with Crippen LogP contribution >= 0.6 is 12.4 Å². The smallest absolute Gasteiger partial charge is 0.332 e. The third kappa shape index (κ3) is 3.13. The molecule has 0 unspecified atom stereocenters. The number of hydrogen-bond donors (Lipinski definition) is 2. The molecule has 6 nitrogen and oxygen atoms in total. The van der Waals surface area contributed by atoms with Crippen LogP contribution in [0.25, 0.3) is 0 Å². The molecule has 1 heterocycles. The summed E-state index contributed by atoms with van der Waals surface area (Å²) in [6.45, 7) is 2.46. The number of ether oxygens (including phenoxy) is 2. The van der Waals surface area contributed by atoms with E-state index in [1.54, 1.807) is 6.92 Å². The number of carbonyl (C=O) groups excluding carboxylic acids is 1. The van der Waals surface area contributed by atoms with E-state index in [1.807, 2.05) is 0 Å². The van der Waals surface area contributed by atoms with Crippen molar-refractivity contribution < 1.29 is 24.2 Å². The van der Waals surface area contributed by atoms with Gasteiger partial charge in [-0.1, -0.05) is 0 Å². The molecule has 0 aromatic rings. The molecule has 1 aliphatic heterocycles. The molecule has 2 rings (SSSR count). The molecule has 1 aliphatic carbocycles. The fraction of sp³-hybridized carbons (Fsp3) is 0.818. The number of carbonyl (C=O) groups is 2. The Hall–Kier alpha value is -0.850. The summed E-state index contributed by atoms with van der Waals surface area (Å²) in [6.07, 6.45) is 1.51. The van der Waals surface area contributed by atoms with Gasteiger partial charge < -0.3 is 19.9 Å². The van der Waals surface area contributed by atoms with Gasteiger partial charge in [0.25, 0.3) is 0 Å². The van der Waals surface area contributed by atoms with E-state index in [2.05, 4.69) is 5.32 Å². The van der Waals surface area contributed by atoms with Gasteiger partial charge in [0.15, 0.2) is 0 Å². The number of nitrogens with one attached hydrogen (secondary N) is 1. The highest BCUT2D eigenvalue weighted by Crippen LogP contribution is 2.54. The zero-order valence-corrected chi connectivity index (χ0v) is 11.0.